The highest BCUT2D eigenvalue weighted by Crippen LogP contribution is 2.32. The molecule has 1 aliphatic heterocycles. The van der Waals surface area contributed by atoms with Gasteiger partial charge in [-0.2, -0.15) is 0 Å². The number of carbonyl (C=O) groups excluding carboxylic acids is 2. The number of benzene rings is 2. The standard InChI is InChI=1S/C19H18N2O7/c1-12-9-13(3-5-15(12)21(24)25)19(23)28-11-18(22)20-14-4-6-16-17(10-14)27-8-2-7-26-16/h3-6,9-10H,2,7-8,11H2,1H3,(H,20,22). The van der Waals surface area contributed by atoms with E-state index in [0.717, 1.165) is 6.42 Å². The number of nitro benzene ring substituents is 1. The molecule has 1 heterocycles. The van der Waals surface area contributed by atoms with Gasteiger partial charge in [-0.1, -0.05) is 0 Å². The summed E-state index contributed by atoms with van der Waals surface area (Å²) in [7, 11) is 0. The second kappa shape index (κ2) is 8.38. The van der Waals surface area contributed by atoms with E-state index in [1.165, 1.54) is 25.1 Å². The van der Waals surface area contributed by atoms with Crippen molar-refractivity contribution in [3.63, 3.8) is 0 Å². The minimum atomic E-state index is -0.744. The number of ether oxygens (including phenoxy) is 3. The summed E-state index contributed by atoms with van der Waals surface area (Å²) in [6.45, 7) is 2.11. The summed E-state index contributed by atoms with van der Waals surface area (Å²) in [5, 5.41) is 13.4. The number of esters is 1. The van der Waals surface area contributed by atoms with E-state index in [0.29, 0.717) is 36.0 Å². The molecule has 0 aromatic heterocycles. The van der Waals surface area contributed by atoms with Crippen molar-refractivity contribution in [2.24, 2.45) is 0 Å². The highest BCUT2D eigenvalue weighted by Gasteiger charge is 2.16. The van der Waals surface area contributed by atoms with Gasteiger partial charge in [0.1, 0.15) is 0 Å². The molecule has 1 amide bonds. The van der Waals surface area contributed by atoms with E-state index in [9.17, 15) is 19.7 Å². The van der Waals surface area contributed by atoms with E-state index in [2.05, 4.69) is 5.32 Å². The maximum absolute atomic E-state index is 12.1. The second-order valence-electron chi connectivity index (χ2n) is 6.09. The first kappa shape index (κ1) is 19.2. The van der Waals surface area contributed by atoms with Gasteiger partial charge in [-0.05, 0) is 31.2 Å². The Morgan fingerprint density at radius 1 is 1.14 bits per heavy atom. The van der Waals surface area contributed by atoms with Crippen LogP contribution in [-0.4, -0.2) is 36.6 Å². The number of carbonyl (C=O) groups is 2. The molecule has 0 aliphatic carbocycles. The predicted molar refractivity (Wildman–Crippen MR) is 98.8 cm³/mol. The van der Waals surface area contributed by atoms with E-state index in [1.807, 2.05) is 0 Å². The van der Waals surface area contributed by atoms with Crippen LogP contribution in [0, 0.1) is 17.0 Å². The fourth-order valence-electron chi connectivity index (χ4n) is 2.64. The summed E-state index contributed by atoms with van der Waals surface area (Å²) in [5.41, 5.74) is 0.850. The van der Waals surface area contributed by atoms with Gasteiger partial charge in [0.05, 0.1) is 23.7 Å². The summed E-state index contributed by atoms with van der Waals surface area (Å²) < 4.78 is 16.0. The van der Waals surface area contributed by atoms with E-state index >= 15 is 0 Å². The summed E-state index contributed by atoms with van der Waals surface area (Å²) >= 11 is 0. The average Bonchev–Trinajstić information content (AvgIpc) is 2.90. The van der Waals surface area contributed by atoms with Gasteiger partial charge in [0, 0.05) is 29.8 Å². The first-order valence-electron chi connectivity index (χ1n) is 8.56. The smallest absolute Gasteiger partial charge is 0.338 e. The number of aryl methyl sites for hydroxylation is 1. The Hall–Kier alpha value is -3.62. The lowest BCUT2D eigenvalue weighted by Crippen LogP contribution is -2.21. The van der Waals surface area contributed by atoms with Gasteiger partial charge in [0.15, 0.2) is 18.1 Å². The molecule has 1 N–H and O–H groups in total. The van der Waals surface area contributed by atoms with Crippen molar-refractivity contribution in [2.45, 2.75) is 13.3 Å². The third kappa shape index (κ3) is 4.56. The molecule has 2 aromatic carbocycles. The van der Waals surface area contributed by atoms with Crippen molar-refractivity contribution in [1.82, 2.24) is 0 Å². The van der Waals surface area contributed by atoms with Crippen molar-refractivity contribution in [2.75, 3.05) is 25.1 Å². The lowest BCUT2D eigenvalue weighted by Gasteiger charge is -2.11. The van der Waals surface area contributed by atoms with Gasteiger partial charge in [-0.15, -0.1) is 0 Å². The van der Waals surface area contributed by atoms with Crippen LogP contribution in [0.1, 0.15) is 22.3 Å². The molecule has 0 spiro atoms. The normalized spacial score (nSPS) is 12.6. The van der Waals surface area contributed by atoms with Crippen LogP contribution in [0.4, 0.5) is 11.4 Å². The van der Waals surface area contributed by atoms with Crippen LogP contribution in [0.2, 0.25) is 0 Å². The molecule has 0 unspecified atom stereocenters. The van der Waals surface area contributed by atoms with Crippen LogP contribution in [0.15, 0.2) is 36.4 Å². The minimum absolute atomic E-state index is 0.0938. The molecule has 2 aromatic rings. The Morgan fingerprint density at radius 2 is 1.89 bits per heavy atom. The van der Waals surface area contributed by atoms with Crippen molar-refractivity contribution in [1.29, 1.82) is 0 Å². The molecule has 9 heteroatoms. The molecule has 0 saturated carbocycles. The van der Waals surface area contributed by atoms with E-state index in [4.69, 9.17) is 14.2 Å². The third-order valence-corrected chi connectivity index (χ3v) is 3.99. The fourth-order valence-corrected chi connectivity index (χ4v) is 2.64. The number of fused-ring (bicyclic) bond motifs is 1. The lowest BCUT2D eigenvalue weighted by molar-refractivity contribution is -0.385. The Labute approximate surface area is 160 Å². The molecule has 1 aliphatic rings. The number of hydrogen-bond acceptors (Lipinski definition) is 7. The number of nitro groups is 1. The van der Waals surface area contributed by atoms with Crippen molar-refractivity contribution >= 4 is 23.3 Å². The quantitative estimate of drug-likeness (QED) is 0.477. The van der Waals surface area contributed by atoms with Crippen LogP contribution in [-0.2, 0) is 9.53 Å². The number of nitrogens with one attached hydrogen (secondary N) is 1. The Bertz CT molecular complexity index is 926. The van der Waals surface area contributed by atoms with Gasteiger partial charge in [0.25, 0.3) is 11.6 Å². The monoisotopic (exact) mass is 386 g/mol. The number of anilines is 1. The maximum atomic E-state index is 12.1. The van der Waals surface area contributed by atoms with Crippen molar-refractivity contribution in [3.05, 3.63) is 57.6 Å². The lowest BCUT2D eigenvalue weighted by atomic mass is 10.1. The van der Waals surface area contributed by atoms with E-state index in [-0.39, 0.29) is 11.3 Å². The van der Waals surface area contributed by atoms with Gasteiger partial charge >= 0.3 is 5.97 Å². The molecule has 0 radical (unpaired) electrons. The fraction of sp³-hybridized carbons (Fsp3) is 0.263. The molecular formula is C19H18N2O7. The SMILES string of the molecule is Cc1cc(C(=O)OCC(=O)Nc2ccc3c(c2)OCCCO3)ccc1[N+](=O)[O-]. The zero-order valence-electron chi connectivity index (χ0n) is 15.1. The molecule has 9 nitrogen and oxygen atoms in total. The van der Waals surface area contributed by atoms with Crippen molar-refractivity contribution in [3.8, 4) is 11.5 Å². The molecule has 146 valence electrons. The third-order valence-electron chi connectivity index (χ3n) is 3.99. The second-order valence-corrected chi connectivity index (χ2v) is 6.09. The molecule has 0 bridgehead atoms. The molecule has 0 saturated heterocycles. The van der Waals surface area contributed by atoms with Gasteiger partial charge in [-0.25, -0.2) is 4.79 Å². The summed E-state index contributed by atoms with van der Waals surface area (Å²) in [5.74, 6) is -0.127. The Balaban J connectivity index is 1.57. The highest BCUT2D eigenvalue weighted by molar-refractivity contribution is 5.95. The van der Waals surface area contributed by atoms with Crippen LogP contribution in [0.25, 0.3) is 0 Å². The predicted octanol–water partition coefficient (Wildman–Crippen LogP) is 2.86. The number of nitrogens with zero attached hydrogens (tertiary/aromatic N) is 1. The highest BCUT2D eigenvalue weighted by atomic mass is 16.6. The topological polar surface area (TPSA) is 117 Å². The zero-order chi connectivity index (χ0) is 20.1. The molecular weight excluding hydrogens is 368 g/mol. The van der Waals surface area contributed by atoms with Gasteiger partial charge in [0.2, 0.25) is 0 Å². The zero-order valence-corrected chi connectivity index (χ0v) is 15.1. The van der Waals surface area contributed by atoms with Crippen molar-refractivity contribution < 1.29 is 28.7 Å². The van der Waals surface area contributed by atoms with Crippen LogP contribution in [0.5, 0.6) is 11.5 Å². The first-order chi connectivity index (χ1) is 13.4. The van der Waals surface area contributed by atoms with Gasteiger partial charge < -0.3 is 19.5 Å². The Kier molecular flexibility index (Phi) is 5.73. The number of rotatable bonds is 5. The minimum Gasteiger partial charge on any atom is -0.490 e. The molecule has 28 heavy (non-hydrogen) atoms. The number of hydrogen-bond donors (Lipinski definition) is 1. The van der Waals surface area contributed by atoms with Crippen LogP contribution in [0.3, 0.4) is 0 Å². The largest absolute Gasteiger partial charge is 0.490 e. The summed E-state index contributed by atoms with van der Waals surface area (Å²) in [6.07, 6.45) is 0.772. The summed E-state index contributed by atoms with van der Waals surface area (Å²) in [4.78, 5) is 34.4. The Morgan fingerprint density at radius 3 is 2.61 bits per heavy atom. The number of amides is 1. The molecule has 3 rings (SSSR count). The molecule has 0 fully saturated rings. The van der Waals surface area contributed by atoms with Crippen LogP contribution < -0.4 is 14.8 Å². The van der Waals surface area contributed by atoms with E-state index in [1.54, 1.807) is 18.2 Å². The van der Waals surface area contributed by atoms with Gasteiger partial charge in [-0.3, -0.25) is 14.9 Å². The van der Waals surface area contributed by atoms with E-state index < -0.39 is 23.4 Å². The first-order valence-corrected chi connectivity index (χ1v) is 8.56. The maximum Gasteiger partial charge on any atom is 0.338 e. The average molecular weight is 386 g/mol. The van der Waals surface area contributed by atoms with Crippen LogP contribution >= 0.6 is 0 Å². The summed E-state index contributed by atoms with van der Waals surface area (Å²) in [6, 6.07) is 8.86. The molecule has 0 atom stereocenters.